The molecular weight excluding hydrogens is 330 g/mol. The van der Waals surface area contributed by atoms with E-state index in [0.717, 1.165) is 25.5 Å². The molecule has 1 aromatic rings. The Labute approximate surface area is 127 Å². The smallest absolute Gasteiger partial charge is 0.332 e. The average molecular weight is 344 g/mol. The van der Waals surface area contributed by atoms with E-state index in [9.17, 15) is 31.1 Å². The maximum atomic E-state index is 13.2. The van der Waals surface area contributed by atoms with Crippen LogP contribution in [0, 0.1) is 6.92 Å². The first-order valence-corrected chi connectivity index (χ1v) is 6.15. The number of nitrogens with zero attached hydrogens (tertiary/aromatic N) is 2. The molecule has 5 nitrogen and oxygen atoms in total. The molecule has 0 aliphatic heterocycles. The zero-order valence-electron chi connectivity index (χ0n) is 12.3. The number of amides is 2. The van der Waals surface area contributed by atoms with Gasteiger partial charge in [0.1, 0.15) is 5.82 Å². The number of hydrogen-bond donors (Lipinski definition) is 2. The van der Waals surface area contributed by atoms with Crippen LogP contribution in [0.2, 0.25) is 0 Å². The van der Waals surface area contributed by atoms with Crippen molar-refractivity contribution in [1.82, 2.24) is 15.2 Å². The third-order valence-electron chi connectivity index (χ3n) is 2.75. The average Bonchev–Trinajstić information content (AvgIpc) is 2.34. The zero-order valence-corrected chi connectivity index (χ0v) is 12.3. The number of aromatic nitrogens is 1. The Morgan fingerprint density at radius 3 is 2.00 bits per heavy atom. The Morgan fingerprint density at radius 2 is 1.61 bits per heavy atom. The standard InChI is InChI=1S/C12H14F6N4O/c1-7-5-4-6-8(19-7)20-10(11(13,14)15,12(16,17)18)21-9(23)22(2)3/h4-6H,1-3H3,(H,19,20)(H,21,23). The van der Waals surface area contributed by atoms with E-state index in [1.165, 1.54) is 24.4 Å². The SMILES string of the molecule is Cc1cccc(NC(NC(=O)N(C)C)(C(F)(F)F)C(F)(F)F)n1. The van der Waals surface area contributed by atoms with Gasteiger partial charge in [-0.25, -0.2) is 9.78 Å². The number of halogens is 6. The van der Waals surface area contributed by atoms with Crippen LogP contribution in [0.4, 0.5) is 37.0 Å². The number of hydrogen-bond acceptors (Lipinski definition) is 3. The van der Waals surface area contributed by atoms with E-state index in [0.29, 0.717) is 4.90 Å². The van der Waals surface area contributed by atoms with Crippen molar-refractivity contribution in [1.29, 1.82) is 0 Å². The van der Waals surface area contributed by atoms with Gasteiger partial charge < -0.3 is 10.2 Å². The van der Waals surface area contributed by atoms with Crippen LogP contribution in [0.3, 0.4) is 0 Å². The Morgan fingerprint density at radius 1 is 1.09 bits per heavy atom. The van der Waals surface area contributed by atoms with Gasteiger partial charge in [-0.05, 0) is 19.1 Å². The molecule has 0 aliphatic carbocycles. The van der Waals surface area contributed by atoms with Gasteiger partial charge in [-0.1, -0.05) is 6.07 Å². The zero-order chi connectivity index (χ0) is 18.1. The minimum atomic E-state index is -5.87. The first-order chi connectivity index (χ1) is 10.3. The van der Waals surface area contributed by atoms with Gasteiger partial charge in [0.15, 0.2) is 0 Å². The molecule has 0 saturated carbocycles. The Kier molecular flexibility index (Phi) is 5.02. The molecule has 23 heavy (non-hydrogen) atoms. The molecule has 1 heterocycles. The largest absolute Gasteiger partial charge is 0.439 e. The molecule has 11 heteroatoms. The van der Waals surface area contributed by atoms with Crippen molar-refractivity contribution in [3.05, 3.63) is 23.9 Å². The first-order valence-electron chi connectivity index (χ1n) is 6.15. The molecular formula is C12H14F6N4O. The van der Waals surface area contributed by atoms with Crippen LogP contribution in [0.15, 0.2) is 18.2 Å². The van der Waals surface area contributed by atoms with Crippen LogP contribution in [0.5, 0.6) is 0 Å². The molecule has 0 radical (unpaired) electrons. The minimum absolute atomic E-state index is 0.201. The molecule has 0 fully saturated rings. The van der Waals surface area contributed by atoms with Crippen LogP contribution < -0.4 is 10.6 Å². The summed E-state index contributed by atoms with van der Waals surface area (Å²) in [6.45, 7) is 1.40. The van der Waals surface area contributed by atoms with Gasteiger partial charge in [0.25, 0.3) is 0 Å². The summed E-state index contributed by atoms with van der Waals surface area (Å²) in [4.78, 5) is 15.6. The predicted octanol–water partition coefficient (Wildman–Crippen LogP) is 2.89. The van der Waals surface area contributed by atoms with Gasteiger partial charge in [0.05, 0.1) is 0 Å². The summed E-state index contributed by atoms with van der Waals surface area (Å²) in [6, 6.07) is 1.99. The number of alkyl halides is 6. The van der Waals surface area contributed by atoms with Crippen molar-refractivity contribution in [3.63, 3.8) is 0 Å². The highest BCUT2D eigenvalue weighted by Gasteiger charge is 2.73. The molecule has 1 rings (SSSR count). The molecule has 0 spiro atoms. The fraction of sp³-hybridized carbons (Fsp3) is 0.500. The molecule has 130 valence electrons. The molecule has 0 aliphatic rings. The lowest BCUT2D eigenvalue weighted by Gasteiger charge is -2.39. The summed E-state index contributed by atoms with van der Waals surface area (Å²) in [6.07, 6.45) is -11.7. The molecule has 1 aromatic heterocycles. The fourth-order valence-corrected chi connectivity index (χ4v) is 1.55. The third-order valence-corrected chi connectivity index (χ3v) is 2.75. The number of pyridine rings is 1. The molecule has 0 saturated heterocycles. The maximum absolute atomic E-state index is 13.2. The Hall–Kier alpha value is -2.20. The van der Waals surface area contributed by atoms with Gasteiger partial charge in [0.2, 0.25) is 0 Å². The normalized spacial score (nSPS) is 12.7. The second-order valence-electron chi connectivity index (χ2n) is 4.86. The molecule has 2 amide bonds. The van der Waals surface area contributed by atoms with Gasteiger partial charge in [0, 0.05) is 19.8 Å². The van der Waals surface area contributed by atoms with Crippen LogP contribution in [0.25, 0.3) is 0 Å². The van der Waals surface area contributed by atoms with Crippen molar-refractivity contribution in [2.75, 3.05) is 19.4 Å². The van der Waals surface area contributed by atoms with Crippen LogP contribution in [-0.2, 0) is 0 Å². The minimum Gasteiger partial charge on any atom is -0.332 e. The lowest BCUT2D eigenvalue weighted by atomic mass is 10.1. The highest BCUT2D eigenvalue weighted by atomic mass is 19.4. The number of carbonyl (C=O) groups excluding carboxylic acids is 1. The highest BCUT2D eigenvalue weighted by Crippen LogP contribution is 2.43. The number of aryl methyl sites for hydroxylation is 1. The molecule has 0 atom stereocenters. The summed E-state index contributed by atoms with van der Waals surface area (Å²) in [5, 5.41) is 2.24. The lowest BCUT2D eigenvalue weighted by Crippen LogP contribution is -2.73. The summed E-state index contributed by atoms with van der Waals surface area (Å²) >= 11 is 0. The lowest BCUT2D eigenvalue weighted by molar-refractivity contribution is -0.294. The van der Waals surface area contributed by atoms with Gasteiger partial charge >= 0.3 is 24.0 Å². The van der Waals surface area contributed by atoms with E-state index in [-0.39, 0.29) is 5.69 Å². The number of nitrogens with one attached hydrogen (secondary N) is 2. The second kappa shape index (κ2) is 6.13. The summed E-state index contributed by atoms with van der Waals surface area (Å²) in [7, 11) is 2.02. The van der Waals surface area contributed by atoms with E-state index < -0.39 is 29.9 Å². The van der Waals surface area contributed by atoms with Crippen LogP contribution >= 0.6 is 0 Å². The van der Waals surface area contributed by atoms with Crippen LogP contribution in [0.1, 0.15) is 5.69 Å². The summed E-state index contributed by atoms with van der Waals surface area (Å²) in [5.41, 5.74) is -4.48. The molecule has 0 aromatic carbocycles. The maximum Gasteiger partial charge on any atom is 0.439 e. The summed E-state index contributed by atoms with van der Waals surface area (Å²) in [5.74, 6) is -0.682. The van der Waals surface area contributed by atoms with E-state index in [1.54, 1.807) is 0 Å². The van der Waals surface area contributed by atoms with Crippen molar-refractivity contribution in [3.8, 4) is 0 Å². The highest BCUT2D eigenvalue weighted by molar-refractivity contribution is 5.75. The third kappa shape index (κ3) is 3.96. The topological polar surface area (TPSA) is 57.3 Å². The number of rotatable bonds is 3. The number of urea groups is 1. The van der Waals surface area contributed by atoms with Gasteiger partial charge in [-0.3, -0.25) is 5.32 Å². The van der Waals surface area contributed by atoms with Crippen molar-refractivity contribution < 1.29 is 31.1 Å². The Bertz CT molecular complexity index is 555. The van der Waals surface area contributed by atoms with Crippen molar-refractivity contribution in [2.45, 2.75) is 24.9 Å². The Balaban J connectivity index is 3.41. The quantitative estimate of drug-likeness (QED) is 0.655. The molecule has 0 unspecified atom stereocenters. The first kappa shape index (κ1) is 18.8. The summed E-state index contributed by atoms with van der Waals surface area (Å²) < 4.78 is 79.4. The van der Waals surface area contributed by atoms with Gasteiger partial charge in [-0.15, -0.1) is 0 Å². The van der Waals surface area contributed by atoms with E-state index >= 15 is 0 Å². The van der Waals surface area contributed by atoms with E-state index in [1.807, 2.05) is 0 Å². The second-order valence-corrected chi connectivity index (χ2v) is 4.86. The van der Waals surface area contributed by atoms with Crippen molar-refractivity contribution in [2.24, 2.45) is 0 Å². The molecule has 2 N–H and O–H groups in total. The number of anilines is 1. The van der Waals surface area contributed by atoms with Gasteiger partial charge in [-0.2, -0.15) is 26.3 Å². The molecule has 0 bridgehead atoms. The van der Waals surface area contributed by atoms with E-state index in [4.69, 9.17) is 0 Å². The predicted molar refractivity (Wildman–Crippen MR) is 69.7 cm³/mol. The van der Waals surface area contributed by atoms with E-state index in [2.05, 4.69) is 4.98 Å². The van der Waals surface area contributed by atoms with Crippen LogP contribution in [-0.4, -0.2) is 48.0 Å². The number of carbonyl (C=O) groups is 1. The monoisotopic (exact) mass is 344 g/mol. The fourth-order valence-electron chi connectivity index (χ4n) is 1.55. The van der Waals surface area contributed by atoms with Crippen molar-refractivity contribution >= 4 is 11.8 Å².